The normalized spacial score (nSPS) is 20.1. The van der Waals surface area contributed by atoms with Crippen molar-refractivity contribution in [3.05, 3.63) is 17.9 Å². The summed E-state index contributed by atoms with van der Waals surface area (Å²) in [5.41, 5.74) is 0. The number of sulfonamides is 1. The zero-order valence-corrected chi connectivity index (χ0v) is 11.8. The Balaban J connectivity index is 2.19. The number of rotatable bonds is 4. The van der Waals surface area contributed by atoms with Gasteiger partial charge < -0.3 is 14.4 Å². The number of hydrogen-bond acceptors (Lipinski definition) is 5. The standard InChI is InChI=1S/C12H18N2O5S/c13-20(17,18)11-5-4-10(19-11)12(16)14-7-2-1-3-9(14)6-8-15/h4-5,9,15H,1-3,6-8H2,(H2,13,17,18). The molecule has 0 aromatic carbocycles. The largest absolute Gasteiger partial charge is 0.438 e. The molecule has 2 rings (SSSR count). The van der Waals surface area contributed by atoms with E-state index in [2.05, 4.69) is 0 Å². The van der Waals surface area contributed by atoms with E-state index < -0.39 is 15.1 Å². The van der Waals surface area contributed by atoms with Gasteiger partial charge in [0.1, 0.15) is 0 Å². The smallest absolute Gasteiger partial charge is 0.289 e. The van der Waals surface area contributed by atoms with E-state index in [1.165, 1.54) is 12.1 Å². The highest BCUT2D eigenvalue weighted by atomic mass is 32.2. The minimum Gasteiger partial charge on any atom is -0.438 e. The van der Waals surface area contributed by atoms with Gasteiger partial charge in [0.15, 0.2) is 5.76 Å². The summed E-state index contributed by atoms with van der Waals surface area (Å²) in [5.74, 6) is -0.406. The van der Waals surface area contributed by atoms with Crippen LogP contribution >= 0.6 is 0 Å². The van der Waals surface area contributed by atoms with Crippen molar-refractivity contribution in [1.82, 2.24) is 4.90 Å². The third-order valence-electron chi connectivity index (χ3n) is 3.42. The zero-order valence-electron chi connectivity index (χ0n) is 11.0. The Bertz CT molecular complexity index is 578. The maximum atomic E-state index is 12.3. The van der Waals surface area contributed by atoms with Gasteiger partial charge in [0, 0.05) is 19.2 Å². The van der Waals surface area contributed by atoms with Gasteiger partial charge >= 0.3 is 0 Å². The molecule has 3 N–H and O–H groups in total. The average molecular weight is 302 g/mol. The number of nitrogens with zero attached hydrogens (tertiary/aromatic N) is 1. The summed E-state index contributed by atoms with van der Waals surface area (Å²) in [6.45, 7) is 0.587. The first-order chi connectivity index (χ1) is 9.43. The van der Waals surface area contributed by atoms with E-state index >= 15 is 0 Å². The molecule has 0 radical (unpaired) electrons. The number of carbonyl (C=O) groups excluding carboxylic acids is 1. The third-order valence-corrected chi connectivity index (χ3v) is 4.20. The molecule has 1 fully saturated rings. The molecule has 0 aliphatic carbocycles. The average Bonchev–Trinajstić information content (AvgIpc) is 2.88. The quantitative estimate of drug-likeness (QED) is 0.830. The summed E-state index contributed by atoms with van der Waals surface area (Å²) in [7, 11) is -3.95. The number of likely N-dealkylation sites (tertiary alicyclic amines) is 1. The van der Waals surface area contributed by atoms with Gasteiger partial charge in [-0.3, -0.25) is 4.79 Å². The summed E-state index contributed by atoms with van der Waals surface area (Å²) in [4.78, 5) is 14.0. The van der Waals surface area contributed by atoms with Crippen LogP contribution in [0.25, 0.3) is 0 Å². The van der Waals surface area contributed by atoms with Crippen molar-refractivity contribution in [2.75, 3.05) is 13.2 Å². The van der Waals surface area contributed by atoms with Crippen molar-refractivity contribution >= 4 is 15.9 Å². The molecule has 1 amide bonds. The number of hydrogen-bond donors (Lipinski definition) is 2. The van der Waals surface area contributed by atoms with E-state index in [-0.39, 0.29) is 24.3 Å². The predicted molar refractivity (Wildman–Crippen MR) is 70.5 cm³/mol. The predicted octanol–water partition coefficient (Wildman–Crippen LogP) is 0.304. The molecule has 2 heterocycles. The molecule has 8 heteroatoms. The SMILES string of the molecule is NS(=O)(=O)c1ccc(C(=O)N2CCCCC2CCO)o1. The van der Waals surface area contributed by atoms with Crippen molar-refractivity contribution in [2.24, 2.45) is 5.14 Å². The molecule has 1 saturated heterocycles. The molecular weight excluding hydrogens is 284 g/mol. The van der Waals surface area contributed by atoms with Crippen LogP contribution in [-0.2, 0) is 10.0 Å². The Kier molecular flexibility index (Phi) is 4.46. The van der Waals surface area contributed by atoms with Crippen LogP contribution in [0.4, 0.5) is 0 Å². The van der Waals surface area contributed by atoms with Gasteiger partial charge in [-0.2, -0.15) is 0 Å². The highest BCUT2D eigenvalue weighted by Crippen LogP contribution is 2.23. The molecule has 0 saturated carbocycles. The minimum absolute atomic E-state index is 0.00896. The van der Waals surface area contributed by atoms with E-state index in [1.807, 2.05) is 0 Å². The lowest BCUT2D eigenvalue weighted by atomic mass is 9.99. The van der Waals surface area contributed by atoms with Gasteiger partial charge in [0.05, 0.1) is 0 Å². The van der Waals surface area contributed by atoms with Crippen molar-refractivity contribution in [3.8, 4) is 0 Å². The van der Waals surface area contributed by atoms with Crippen LogP contribution in [0.1, 0.15) is 36.2 Å². The monoisotopic (exact) mass is 302 g/mol. The van der Waals surface area contributed by atoms with Gasteiger partial charge in [-0.25, -0.2) is 13.6 Å². The summed E-state index contributed by atoms with van der Waals surface area (Å²) >= 11 is 0. The Morgan fingerprint density at radius 1 is 1.45 bits per heavy atom. The topological polar surface area (TPSA) is 114 Å². The maximum Gasteiger partial charge on any atom is 0.289 e. The summed E-state index contributed by atoms with van der Waals surface area (Å²) < 4.78 is 27.3. The number of carbonyl (C=O) groups is 1. The fourth-order valence-electron chi connectivity index (χ4n) is 2.45. The second kappa shape index (κ2) is 5.94. The molecule has 0 spiro atoms. The minimum atomic E-state index is -3.95. The van der Waals surface area contributed by atoms with E-state index in [1.54, 1.807) is 4.90 Å². The molecule has 1 aromatic rings. The van der Waals surface area contributed by atoms with Crippen molar-refractivity contribution in [3.63, 3.8) is 0 Å². The molecule has 0 bridgehead atoms. The Hall–Kier alpha value is -1.38. The van der Waals surface area contributed by atoms with E-state index in [9.17, 15) is 13.2 Å². The van der Waals surface area contributed by atoms with Crippen LogP contribution in [0.2, 0.25) is 0 Å². The Morgan fingerprint density at radius 3 is 2.80 bits per heavy atom. The lowest BCUT2D eigenvalue weighted by Crippen LogP contribution is -2.44. The first kappa shape index (κ1) is 15.0. The zero-order chi connectivity index (χ0) is 14.8. The molecule has 7 nitrogen and oxygen atoms in total. The summed E-state index contributed by atoms with van der Waals surface area (Å²) in [5, 5.41) is 13.6. The number of amides is 1. The number of aliphatic hydroxyl groups is 1. The number of aliphatic hydroxyl groups excluding tert-OH is 1. The molecule has 1 aromatic heterocycles. The van der Waals surface area contributed by atoms with Crippen LogP contribution in [-0.4, -0.2) is 43.5 Å². The number of nitrogens with two attached hydrogens (primary N) is 1. The fourth-order valence-corrected chi connectivity index (χ4v) is 2.91. The second-order valence-corrected chi connectivity index (χ2v) is 6.32. The van der Waals surface area contributed by atoms with Gasteiger partial charge in [-0.05, 0) is 37.8 Å². The van der Waals surface area contributed by atoms with Gasteiger partial charge in [-0.1, -0.05) is 0 Å². The third kappa shape index (κ3) is 3.20. The van der Waals surface area contributed by atoms with Crippen LogP contribution in [0.15, 0.2) is 21.6 Å². The molecule has 1 atom stereocenters. The van der Waals surface area contributed by atoms with Crippen LogP contribution in [0.3, 0.4) is 0 Å². The first-order valence-corrected chi connectivity index (χ1v) is 8.02. The molecular formula is C12H18N2O5S. The number of furan rings is 1. The lowest BCUT2D eigenvalue weighted by Gasteiger charge is -2.34. The van der Waals surface area contributed by atoms with E-state index in [0.29, 0.717) is 13.0 Å². The second-order valence-electron chi connectivity index (χ2n) is 4.82. The van der Waals surface area contributed by atoms with Gasteiger partial charge in [-0.15, -0.1) is 0 Å². The van der Waals surface area contributed by atoms with Gasteiger partial charge in [0.2, 0.25) is 5.09 Å². The molecule has 20 heavy (non-hydrogen) atoms. The van der Waals surface area contributed by atoms with Gasteiger partial charge in [0.25, 0.3) is 15.9 Å². The summed E-state index contributed by atoms with van der Waals surface area (Å²) in [6, 6.07) is 2.45. The first-order valence-electron chi connectivity index (χ1n) is 6.48. The summed E-state index contributed by atoms with van der Waals surface area (Å²) in [6.07, 6.45) is 3.23. The highest BCUT2D eigenvalue weighted by Gasteiger charge is 2.29. The van der Waals surface area contributed by atoms with E-state index in [4.69, 9.17) is 14.7 Å². The Morgan fingerprint density at radius 2 is 2.20 bits per heavy atom. The maximum absolute atomic E-state index is 12.3. The lowest BCUT2D eigenvalue weighted by molar-refractivity contribution is 0.0537. The van der Waals surface area contributed by atoms with Crippen LogP contribution in [0, 0.1) is 0 Å². The van der Waals surface area contributed by atoms with E-state index in [0.717, 1.165) is 19.3 Å². The van der Waals surface area contributed by atoms with Crippen LogP contribution in [0.5, 0.6) is 0 Å². The fraction of sp³-hybridized carbons (Fsp3) is 0.583. The number of primary sulfonamides is 1. The Labute approximate surface area is 117 Å². The van der Waals surface area contributed by atoms with Crippen molar-refractivity contribution in [1.29, 1.82) is 0 Å². The molecule has 1 aliphatic heterocycles. The number of piperidine rings is 1. The highest BCUT2D eigenvalue weighted by molar-refractivity contribution is 7.89. The molecule has 1 aliphatic rings. The van der Waals surface area contributed by atoms with Crippen LogP contribution < -0.4 is 5.14 Å². The molecule has 112 valence electrons. The van der Waals surface area contributed by atoms with Crippen molar-refractivity contribution < 1.29 is 22.7 Å². The molecule has 1 unspecified atom stereocenters. The van der Waals surface area contributed by atoms with Crippen molar-refractivity contribution in [2.45, 2.75) is 36.8 Å².